The largest absolute Gasteiger partial charge is 0.378 e. The molecule has 5 nitrogen and oxygen atoms in total. The van der Waals surface area contributed by atoms with Crippen LogP contribution in [0.2, 0.25) is 0 Å². The molecule has 2 N–H and O–H groups in total. The standard InChI is InChI=1S/C21H22N4O/c1-15(2)16-6-8-17(9-7-16)25-21(26)20-11-10-19(14-24-20)23-13-18-5-3-4-12-22-18/h3-12,14-15,23H,13H2,1-2H3,(H,25,26). The number of carbonyl (C=O) groups excluding carboxylic acids is 1. The van der Waals surface area contributed by atoms with Gasteiger partial charge in [0.2, 0.25) is 0 Å². The van der Waals surface area contributed by atoms with Crippen LogP contribution in [0.5, 0.6) is 0 Å². The van der Waals surface area contributed by atoms with E-state index in [-0.39, 0.29) is 5.91 Å². The number of anilines is 2. The first-order valence-electron chi connectivity index (χ1n) is 8.63. The van der Waals surface area contributed by atoms with Gasteiger partial charge in [-0.2, -0.15) is 0 Å². The van der Waals surface area contributed by atoms with Crippen LogP contribution in [0.3, 0.4) is 0 Å². The zero-order chi connectivity index (χ0) is 18.4. The fourth-order valence-corrected chi connectivity index (χ4v) is 2.47. The van der Waals surface area contributed by atoms with E-state index < -0.39 is 0 Å². The summed E-state index contributed by atoms with van der Waals surface area (Å²) >= 11 is 0. The molecule has 2 aromatic heterocycles. The van der Waals surface area contributed by atoms with Gasteiger partial charge in [-0.15, -0.1) is 0 Å². The summed E-state index contributed by atoms with van der Waals surface area (Å²) in [5.41, 5.74) is 4.16. The molecule has 3 aromatic rings. The van der Waals surface area contributed by atoms with Crippen LogP contribution < -0.4 is 10.6 Å². The Hall–Kier alpha value is -3.21. The molecular weight excluding hydrogens is 324 g/mol. The second kappa shape index (κ2) is 8.25. The number of amides is 1. The molecule has 5 heteroatoms. The number of hydrogen-bond acceptors (Lipinski definition) is 4. The van der Waals surface area contributed by atoms with Crippen molar-refractivity contribution in [3.63, 3.8) is 0 Å². The minimum Gasteiger partial charge on any atom is -0.378 e. The molecule has 26 heavy (non-hydrogen) atoms. The van der Waals surface area contributed by atoms with Crippen LogP contribution in [0.15, 0.2) is 67.0 Å². The van der Waals surface area contributed by atoms with Gasteiger partial charge in [0, 0.05) is 11.9 Å². The first-order chi connectivity index (χ1) is 12.6. The van der Waals surface area contributed by atoms with Crippen molar-refractivity contribution in [3.8, 4) is 0 Å². The zero-order valence-electron chi connectivity index (χ0n) is 14.9. The molecule has 0 aliphatic carbocycles. The lowest BCUT2D eigenvalue weighted by Gasteiger charge is -2.09. The van der Waals surface area contributed by atoms with Crippen molar-refractivity contribution in [2.75, 3.05) is 10.6 Å². The van der Waals surface area contributed by atoms with Crippen molar-refractivity contribution in [1.82, 2.24) is 9.97 Å². The van der Waals surface area contributed by atoms with Gasteiger partial charge in [-0.05, 0) is 47.9 Å². The lowest BCUT2D eigenvalue weighted by molar-refractivity contribution is 0.102. The molecule has 2 heterocycles. The van der Waals surface area contributed by atoms with E-state index in [0.717, 1.165) is 17.1 Å². The summed E-state index contributed by atoms with van der Waals surface area (Å²) in [6, 6.07) is 17.2. The Bertz CT molecular complexity index is 843. The van der Waals surface area contributed by atoms with Crippen molar-refractivity contribution in [2.24, 2.45) is 0 Å². The third-order valence-corrected chi connectivity index (χ3v) is 4.03. The van der Waals surface area contributed by atoms with E-state index in [2.05, 4.69) is 34.4 Å². The van der Waals surface area contributed by atoms with Gasteiger partial charge in [0.05, 0.1) is 24.1 Å². The number of hydrogen-bond donors (Lipinski definition) is 2. The molecule has 0 radical (unpaired) electrons. The van der Waals surface area contributed by atoms with Gasteiger partial charge in [-0.25, -0.2) is 4.98 Å². The summed E-state index contributed by atoms with van der Waals surface area (Å²) in [7, 11) is 0. The molecule has 0 bridgehead atoms. The maximum atomic E-state index is 12.3. The minimum absolute atomic E-state index is 0.224. The van der Waals surface area contributed by atoms with E-state index in [4.69, 9.17) is 0 Å². The highest BCUT2D eigenvalue weighted by molar-refractivity contribution is 6.02. The summed E-state index contributed by atoms with van der Waals surface area (Å²) in [5.74, 6) is 0.242. The van der Waals surface area contributed by atoms with Crippen molar-refractivity contribution in [1.29, 1.82) is 0 Å². The van der Waals surface area contributed by atoms with Crippen LogP contribution in [-0.2, 0) is 6.54 Å². The van der Waals surface area contributed by atoms with Crippen LogP contribution in [-0.4, -0.2) is 15.9 Å². The minimum atomic E-state index is -0.224. The zero-order valence-corrected chi connectivity index (χ0v) is 14.9. The molecular formula is C21H22N4O. The van der Waals surface area contributed by atoms with E-state index in [1.165, 1.54) is 5.56 Å². The molecule has 132 valence electrons. The molecule has 0 saturated carbocycles. The number of nitrogens with zero attached hydrogens (tertiary/aromatic N) is 2. The number of pyridine rings is 2. The third kappa shape index (κ3) is 4.66. The first kappa shape index (κ1) is 17.6. The van der Waals surface area contributed by atoms with Gasteiger partial charge in [-0.3, -0.25) is 9.78 Å². The number of carbonyl (C=O) groups is 1. The van der Waals surface area contributed by atoms with E-state index in [1.807, 2.05) is 48.5 Å². The van der Waals surface area contributed by atoms with Crippen molar-refractivity contribution in [3.05, 3.63) is 83.9 Å². The van der Waals surface area contributed by atoms with Crippen LogP contribution in [0, 0.1) is 0 Å². The van der Waals surface area contributed by atoms with Crippen LogP contribution >= 0.6 is 0 Å². The van der Waals surface area contributed by atoms with Gasteiger partial charge in [0.1, 0.15) is 5.69 Å². The van der Waals surface area contributed by atoms with Crippen molar-refractivity contribution in [2.45, 2.75) is 26.3 Å². The quantitative estimate of drug-likeness (QED) is 0.691. The van der Waals surface area contributed by atoms with Crippen LogP contribution in [0.25, 0.3) is 0 Å². The highest BCUT2D eigenvalue weighted by Crippen LogP contribution is 2.17. The summed E-state index contributed by atoms with van der Waals surface area (Å²) < 4.78 is 0. The van der Waals surface area contributed by atoms with E-state index in [9.17, 15) is 4.79 Å². The highest BCUT2D eigenvalue weighted by atomic mass is 16.1. The SMILES string of the molecule is CC(C)c1ccc(NC(=O)c2ccc(NCc3ccccn3)cn2)cc1. The molecule has 0 saturated heterocycles. The molecule has 0 fully saturated rings. The van der Waals surface area contributed by atoms with Gasteiger partial charge in [-0.1, -0.05) is 32.0 Å². The average Bonchev–Trinajstić information content (AvgIpc) is 2.68. The number of aromatic nitrogens is 2. The monoisotopic (exact) mass is 346 g/mol. The highest BCUT2D eigenvalue weighted by Gasteiger charge is 2.08. The summed E-state index contributed by atoms with van der Waals surface area (Å²) in [5, 5.41) is 6.11. The Morgan fingerprint density at radius 3 is 2.35 bits per heavy atom. The molecule has 1 amide bonds. The van der Waals surface area contributed by atoms with Gasteiger partial charge in [0.25, 0.3) is 5.91 Å². The van der Waals surface area contributed by atoms with Gasteiger partial charge < -0.3 is 10.6 Å². The Morgan fingerprint density at radius 2 is 1.73 bits per heavy atom. The molecule has 1 aromatic carbocycles. The Labute approximate surface area is 153 Å². The topological polar surface area (TPSA) is 66.9 Å². The van der Waals surface area contributed by atoms with Crippen molar-refractivity contribution < 1.29 is 4.79 Å². The summed E-state index contributed by atoms with van der Waals surface area (Å²) in [6.07, 6.45) is 3.41. The fraction of sp³-hybridized carbons (Fsp3) is 0.190. The molecule has 0 aliphatic rings. The predicted molar refractivity (Wildman–Crippen MR) is 104 cm³/mol. The molecule has 0 aliphatic heterocycles. The Morgan fingerprint density at radius 1 is 0.962 bits per heavy atom. The summed E-state index contributed by atoms with van der Waals surface area (Å²) in [4.78, 5) is 20.8. The average molecular weight is 346 g/mol. The van der Waals surface area contributed by atoms with E-state index in [1.54, 1.807) is 18.5 Å². The molecule has 0 unspecified atom stereocenters. The lowest BCUT2D eigenvalue weighted by atomic mass is 10.0. The summed E-state index contributed by atoms with van der Waals surface area (Å²) in [6.45, 7) is 4.89. The van der Waals surface area contributed by atoms with Gasteiger partial charge in [0.15, 0.2) is 0 Å². The Balaban J connectivity index is 1.58. The normalized spacial score (nSPS) is 10.6. The Kier molecular flexibility index (Phi) is 5.59. The number of rotatable bonds is 6. The lowest BCUT2D eigenvalue weighted by Crippen LogP contribution is -2.13. The van der Waals surface area contributed by atoms with Crippen LogP contribution in [0.1, 0.15) is 41.5 Å². The maximum absolute atomic E-state index is 12.3. The van der Waals surface area contributed by atoms with Crippen LogP contribution in [0.4, 0.5) is 11.4 Å². The molecule has 0 spiro atoms. The molecule has 0 atom stereocenters. The van der Waals surface area contributed by atoms with Crippen molar-refractivity contribution >= 4 is 17.3 Å². The second-order valence-corrected chi connectivity index (χ2v) is 6.34. The maximum Gasteiger partial charge on any atom is 0.274 e. The molecule has 3 rings (SSSR count). The second-order valence-electron chi connectivity index (χ2n) is 6.34. The smallest absolute Gasteiger partial charge is 0.274 e. The van der Waals surface area contributed by atoms with E-state index in [0.29, 0.717) is 18.2 Å². The fourth-order valence-electron chi connectivity index (χ4n) is 2.47. The van der Waals surface area contributed by atoms with Gasteiger partial charge >= 0.3 is 0 Å². The predicted octanol–water partition coefficient (Wildman–Crippen LogP) is 4.46. The number of benzene rings is 1. The number of nitrogens with one attached hydrogen (secondary N) is 2. The first-order valence-corrected chi connectivity index (χ1v) is 8.63. The third-order valence-electron chi connectivity index (χ3n) is 4.03. The van der Waals surface area contributed by atoms with E-state index >= 15 is 0 Å².